The van der Waals surface area contributed by atoms with Crippen molar-refractivity contribution < 1.29 is 9.47 Å². The maximum absolute atomic E-state index is 6.17. The van der Waals surface area contributed by atoms with E-state index in [1.807, 2.05) is 43.3 Å². The van der Waals surface area contributed by atoms with Crippen LogP contribution in [0.3, 0.4) is 0 Å². The van der Waals surface area contributed by atoms with Crippen LogP contribution in [0.15, 0.2) is 46.0 Å². The van der Waals surface area contributed by atoms with Gasteiger partial charge >= 0.3 is 0 Å². The summed E-state index contributed by atoms with van der Waals surface area (Å²) >= 11 is 14.4. The van der Waals surface area contributed by atoms with E-state index in [0.717, 1.165) is 15.6 Å². The van der Waals surface area contributed by atoms with Gasteiger partial charge in [-0.1, -0.05) is 29.8 Å². The average Bonchev–Trinajstić information content (AvgIpc) is 2.55. The summed E-state index contributed by atoms with van der Waals surface area (Å²) in [5, 5.41) is 4.70. The molecule has 0 aliphatic heterocycles. The van der Waals surface area contributed by atoms with E-state index in [4.69, 9.17) is 39.0 Å². The summed E-state index contributed by atoms with van der Waals surface area (Å²) in [4.78, 5) is 0. The smallest absolute Gasteiger partial charge is 0.184 e. The molecule has 25 heavy (non-hydrogen) atoms. The second kappa shape index (κ2) is 9.60. The fourth-order valence-corrected chi connectivity index (χ4v) is 2.82. The minimum Gasteiger partial charge on any atom is -0.490 e. The molecule has 0 spiro atoms. The van der Waals surface area contributed by atoms with Crippen molar-refractivity contribution in [3.8, 4) is 11.5 Å². The Kier molecular flexibility index (Phi) is 7.49. The molecule has 3 N–H and O–H groups in total. The predicted octanol–water partition coefficient (Wildman–Crippen LogP) is 4.25. The lowest BCUT2D eigenvalue weighted by Crippen LogP contribution is -2.23. The molecule has 0 atom stereocenters. The topological polar surface area (TPSA) is 68.9 Å². The average molecular weight is 443 g/mol. The molecule has 2 aromatic carbocycles. The monoisotopic (exact) mass is 441 g/mol. The van der Waals surface area contributed by atoms with Crippen LogP contribution in [-0.2, 0) is 6.61 Å². The highest BCUT2D eigenvalue weighted by molar-refractivity contribution is 9.10. The highest BCUT2D eigenvalue weighted by Gasteiger charge is 2.13. The van der Waals surface area contributed by atoms with Crippen molar-refractivity contribution in [2.75, 3.05) is 6.61 Å². The molecule has 0 fully saturated rings. The fraction of sp³-hybridized carbons (Fsp3) is 0.176. The first-order chi connectivity index (χ1) is 12.0. The van der Waals surface area contributed by atoms with Crippen LogP contribution in [0, 0.1) is 0 Å². The minimum absolute atomic E-state index is 0.0973. The number of rotatable bonds is 7. The third kappa shape index (κ3) is 5.88. The number of nitrogens with zero attached hydrogens (tertiary/aromatic N) is 1. The van der Waals surface area contributed by atoms with E-state index in [2.05, 4.69) is 26.5 Å². The Hall–Kier alpha value is -1.83. The molecule has 132 valence electrons. The molecule has 0 saturated heterocycles. The number of nitrogens with two attached hydrogens (primary N) is 1. The van der Waals surface area contributed by atoms with Gasteiger partial charge in [-0.25, -0.2) is 0 Å². The van der Waals surface area contributed by atoms with Crippen molar-refractivity contribution in [1.82, 2.24) is 5.43 Å². The Bertz CT molecular complexity index is 786. The first-order valence-electron chi connectivity index (χ1n) is 7.42. The number of ether oxygens (including phenoxy) is 2. The van der Waals surface area contributed by atoms with E-state index < -0.39 is 0 Å². The van der Waals surface area contributed by atoms with Crippen LogP contribution in [0.5, 0.6) is 11.5 Å². The number of benzene rings is 2. The number of nitrogens with one attached hydrogen (secondary N) is 1. The van der Waals surface area contributed by atoms with Gasteiger partial charge in [-0.3, -0.25) is 5.43 Å². The molecule has 0 radical (unpaired) electrons. The van der Waals surface area contributed by atoms with E-state index >= 15 is 0 Å². The van der Waals surface area contributed by atoms with Crippen LogP contribution in [-0.4, -0.2) is 17.9 Å². The van der Waals surface area contributed by atoms with Gasteiger partial charge in [0.1, 0.15) is 6.61 Å². The second-order valence-corrected chi connectivity index (χ2v) is 6.58. The lowest BCUT2D eigenvalue weighted by atomic mass is 10.2. The highest BCUT2D eigenvalue weighted by atomic mass is 79.9. The van der Waals surface area contributed by atoms with Crippen LogP contribution in [0.25, 0.3) is 0 Å². The highest BCUT2D eigenvalue weighted by Crippen LogP contribution is 2.37. The first-order valence-corrected chi connectivity index (χ1v) is 9.00. The van der Waals surface area contributed by atoms with Gasteiger partial charge < -0.3 is 15.2 Å². The van der Waals surface area contributed by atoms with Gasteiger partial charge in [0.15, 0.2) is 16.6 Å². The molecule has 0 saturated carbocycles. The van der Waals surface area contributed by atoms with Crippen LogP contribution >= 0.6 is 39.7 Å². The Morgan fingerprint density at radius 3 is 2.80 bits per heavy atom. The Morgan fingerprint density at radius 2 is 2.12 bits per heavy atom. The molecule has 0 aliphatic rings. The molecule has 2 rings (SSSR count). The van der Waals surface area contributed by atoms with Crippen LogP contribution in [0.1, 0.15) is 18.1 Å². The molecule has 8 heteroatoms. The molecule has 0 bridgehead atoms. The van der Waals surface area contributed by atoms with Crippen molar-refractivity contribution >= 4 is 51.1 Å². The minimum atomic E-state index is 0.0973. The van der Waals surface area contributed by atoms with Gasteiger partial charge in [0.25, 0.3) is 0 Å². The molecular formula is C17H17BrClN3O2S. The second-order valence-electron chi connectivity index (χ2n) is 4.88. The van der Waals surface area contributed by atoms with Crippen LogP contribution in [0.4, 0.5) is 0 Å². The molecular weight excluding hydrogens is 426 g/mol. The van der Waals surface area contributed by atoms with Gasteiger partial charge in [-0.15, -0.1) is 0 Å². The van der Waals surface area contributed by atoms with Crippen molar-refractivity contribution in [3.63, 3.8) is 0 Å². The maximum atomic E-state index is 6.17. The largest absolute Gasteiger partial charge is 0.490 e. The van der Waals surface area contributed by atoms with Crippen molar-refractivity contribution in [2.24, 2.45) is 10.8 Å². The lowest BCUT2D eigenvalue weighted by Gasteiger charge is -2.15. The Labute approximate surface area is 165 Å². The zero-order valence-corrected chi connectivity index (χ0v) is 16.6. The van der Waals surface area contributed by atoms with E-state index in [-0.39, 0.29) is 5.11 Å². The zero-order chi connectivity index (χ0) is 18.2. The molecule has 0 heterocycles. The van der Waals surface area contributed by atoms with Gasteiger partial charge in [-0.05, 0) is 58.8 Å². The Balaban J connectivity index is 2.23. The van der Waals surface area contributed by atoms with E-state index in [1.165, 1.54) is 0 Å². The number of thiocarbonyl (C=S) groups is 1. The number of hydrogen-bond donors (Lipinski definition) is 2. The number of halogens is 2. The molecule has 0 aromatic heterocycles. The van der Waals surface area contributed by atoms with Crippen LogP contribution < -0.4 is 20.6 Å². The fourth-order valence-electron chi connectivity index (χ4n) is 2.00. The first kappa shape index (κ1) is 19.5. The summed E-state index contributed by atoms with van der Waals surface area (Å²) < 4.78 is 12.4. The summed E-state index contributed by atoms with van der Waals surface area (Å²) in [5.74, 6) is 1.20. The van der Waals surface area contributed by atoms with Gasteiger partial charge in [-0.2, -0.15) is 5.10 Å². The van der Waals surface area contributed by atoms with Gasteiger partial charge in [0.2, 0.25) is 0 Å². The summed E-state index contributed by atoms with van der Waals surface area (Å²) in [6.07, 6.45) is 1.59. The lowest BCUT2D eigenvalue weighted by molar-refractivity contribution is 0.267. The van der Waals surface area contributed by atoms with Gasteiger partial charge in [0, 0.05) is 10.6 Å². The maximum Gasteiger partial charge on any atom is 0.184 e. The molecule has 5 nitrogen and oxygen atoms in total. The van der Waals surface area contributed by atoms with E-state index in [1.54, 1.807) is 6.21 Å². The summed E-state index contributed by atoms with van der Waals surface area (Å²) in [5.41, 5.74) is 9.54. The molecule has 0 amide bonds. The SMILES string of the molecule is CCOc1cc(/C=N\NC(N)=S)cc(Br)c1OCc1ccccc1Cl. The predicted molar refractivity (Wildman–Crippen MR) is 109 cm³/mol. The third-order valence-electron chi connectivity index (χ3n) is 3.05. The summed E-state index contributed by atoms with van der Waals surface area (Å²) in [6.45, 7) is 2.73. The standard InChI is InChI=1S/C17H17BrClN3O2S/c1-2-23-15-8-11(9-21-22-17(20)25)7-13(18)16(15)24-10-12-5-3-4-6-14(12)19/h3-9H,2,10H2,1H3,(H3,20,22,25)/b21-9-. The van der Waals surface area contributed by atoms with Crippen LogP contribution in [0.2, 0.25) is 5.02 Å². The van der Waals surface area contributed by atoms with E-state index in [0.29, 0.717) is 29.7 Å². The van der Waals surface area contributed by atoms with Crippen molar-refractivity contribution in [2.45, 2.75) is 13.5 Å². The van der Waals surface area contributed by atoms with E-state index in [9.17, 15) is 0 Å². The molecule has 0 unspecified atom stereocenters. The number of hydrazone groups is 1. The Morgan fingerprint density at radius 1 is 1.36 bits per heavy atom. The normalized spacial score (nSPS) is 10.7. The zero-order valence-electron chi connectivity index (χ0n) is 13.5. The number of hydrogen-bond acceptors (Lipinski definition) is 4. The quantitative estimate of drug-likeness (QED) is 0.381. The van der Waals surface area contributed by atoms with Gasteiger partial charge in [0.05, 0.1) is 17.3 Å². The summed E-state index contributed by atoms with van der Waals surface area (Å²) in [7, 11) is 0. The third-order valence-corrected chi connectivity index (χ3v) is 4.10. The van der Waals surface area contributed by atoms with Crippen molar-refractivity contribution in [1.29, 1.82) is 0 Å². The van der Waals surface area contributed by atoms with Crippen molar-refractivity contribution in [3.05, 3.63) is 57.0 Å². The molecule has 0 aliphatic carbocycles. The molecule has 2 aromatic rings. The summed E-state index contributed by atoms with van der Waals surface area (Å²) in [6, 6.07) is 11.2.